The number of hydrogen-bond acceptors (Lipinski definition) is 3. The van der Waals surface area contributed by atoms with Gasteiger partial charge >= 0.3 is 0 Å². The average Bonchev–Trinajstić information content (AvgIpc) is 2.17. The van der Waals surface area contributed by atoms with Crippen LogP contribution in [0.5, 0.6) is 5.75 Å². The molecule has 0 amide bonds. The summed E-state index contributed by atoms with van der Waals surface area (Å²) in [5, 5.41) is 0. The van der Waals surface area contributed by atoms with E-state index >= 15 is 0 Å². The van der Waals surface area contributed by atoms with Crippen molar-refractivity contribution in [2.75, 3.05) is 25.1 Å². The van der Waals surface area contributed by atoms with E-state index in [2.05, 4.69) is 16.8 Å². The average molecular weight is 192 g/mol. The fourth-order valence-corrected chi connectivity index (χ4v) is 1.70. The number of pyridine rings is 1. The Bertz CT molecular complexity index is 291. The van der Waals surface area contributed by atoms with E-state index in [0.717, 1.165) is 30.6 Å². The Labute approximate surface area is 84.7 Å². The highest BCUT2D eigenvalue weighted by Crippen LogP contribution is 2.25. The first kappa shape index (κ1) is 9.31. The third-order valence-electron chi connectivity index (χ3n) is 2.81. The molecule has 0 spiro atoms. The molecule has 3 nitrogen and oxygen atoms in total. The van der Waals surface area contributed by atoms with Crippen LogP contribution >= 0.6 is 0 Å². The second-order valence-corrected chi connectivity index (χ2v) is 3.74. The topological polar surface area (TPSA) is 25.4 Å². The maximum absolute atomic E-state index is 5.06. The zero-order chi connectivity index (χ0) is 9.97. The SMILES string of the molecule is CCC1CN(c2ccc(OC)cn2)C1. The summed E-state index contributed by atoms with van der Waals surface area (Å²) < 4.78 is 5.06. The van der Waals surface area contributed by atoms with Crippen molar-refractivity contribution in [2.45, 2.75) is 13.3 Å². The molecule has 3 heteroatoms. The first-order valence-electron chi connectivity index (χ1n) is 5.08. The summed E-state index contributed by atoms with van der Waals surface area (Å²) in [6.45, 7) is 4.54. The van der Waals surface area contributed by atoms with Crippen LogP contribution in [0.25, 0.3) is 0 Å². The molecule has 0 atom stereocenters. The minimum Gasteiger partial charge on any atom is -0.495 e. The lowest BCUT2D eigenvalue weighted by Gasteiger charge is -2.39. The number of hydrogen-bond donors (Lipinski definition) is 0. The highest BCUT2D eigenvalue weighted by Gasteiger charge is 2.25. The van der Waals surface area contributed by atoms with Crippen molar-refractivity contribution in [1.82, 2.24) is 4.98 Å². The molecule has 0 aromatic carbocycles. The van der Waals surface area contributed by atoms with Crippen molar-refractivity contribution in [3.05, 3.63) is 18.3 Å². The number of rotatable bonds is 3. The van der Waals surface area contributed by atoms with Gasteiger partial charge in [-0.1, -0.05) is 6.92 Å². The molecule has 0 aliphatic carbocycles. The van der Waals surface area contributed by atoms with E-state index in [1.165, 1.54) is 6.42 Å². The lowest BCUT2D eigenvalue weighted by atomic mass is 9.97. The van der Waals surface area contributed by atoms with Crippen molar-refractivity contribution in [2.24, 2.45) is 5.92 Å². The maximum atomic E-state index is 5.06. The highest BCUT2D eigenvalue weighted by molar-refractivity contribution is 5.43. The Morgan fingerprint density at radius 1 is 1.50 bits per heavy atom. The van der Waals surface area contributed by atoms with Gasteiger partial charge in [0.05, 0.1) is 13.3 Å². The molecule has 1 aromatic heterocycles. The molecular weight excluding hydrogens is 176 g/mol. The van der Waals surface area contributed by atoms with Gasteiger partial charge in [-0.05, 0) is 24.5 Å². The standard InChI is InChI=1S/C11H16N2O/c1-3-9-7-13(8-9)11-5-4-10(14-2)6-12-11/h4-6,9H,3,7-8H2,1-2H3. The summed E-state index contributed by atoms with van der Waals surface area (Å²) in [6, 6.07) is 3.98. The Kier molecular flexibility index (Phi) is 2.57. The zero-order valence-corrected chi connectivity index (χ0v) is 8.73. The van der Waals surface area contributed by atoms with Gasteiger partial charge in [0, 0.05) is 13.1 Å². The van der Waals surface area contributed by atoms with Crippen LogP contribution in [0.3, 0.4) is 0 Å². The van der Waals surface area contributed by atoms with Gasteiger partial charge in [-0.25, -0.2) is 4.98 Å². The molecule has 0 N–H and O–H groups in total. The molecule has 1 saturated heterocycles. The van der Waals surface area contributed by atoms with Crippen LogP contribution in [0.4, 0.5) is 5.82 Å². The van der Waals surface area contributed by atoms with E-state index in [0.29, 0.717) is 0 Å². The van der Waals surface area contributed by atoms with Crippen molar-refractivity contribution >= 4 is 5.82 Å². The van der Waals surface area contributed by atoms with Crippen molar-refractivity contribution in [3.8, 4) is 5.75 Å². The van der Waals surface area contributed by atoms with Crippen LogP contribution in [-0.2, 0) is 0 Å². The van der Waals surface area contributed by atoms with E-state index in [1.807, 2.05) is 12.1 Å². The molecule has 1 fully saturated rings. The van der Waals surface area contributed by atoms with Crippen molar-refractivity contribution < 1.29 is 4.74 Å². The van der Waals surface area contributed by atoms with Gasteiger partial charge in [0.2, 0.25) is 0 Å². The maximum Gasteiger partial charge on any atom is 0.137 e. The van der Waals surface area contributed by atoms with Gasteiger partial charge in [-0.3, -0.25) is 0 Å². The molecule has 1 aliphatic heterocycles. The first-order valence-corrected chi connectivity index (χ1v) is 5.08. The second-order valence-electron chi connectivity index (χ2n) is 3.74. The molecule has 14 heavy (non-hydrogen) atoms. The largest absolute Gasteiger partial charge is 0.495 e. The lowest BCUT2D eigenvalue weighted by molar-refractivity contribution is 0.393. The summed E-state index contributed by atoms with van der Waals surface area (Å²) in [5.41, 5.74) is 0. The normalized spacial score (nSPS) is 16.6. The second kappa shape index (κ2) is 3.86. The number of ether oxygens (including phenoxy) is 1. The zero-order valence-electron chi connectivity index (χ0n) is 8.73. The Balaban J connectivity index is 1.98. The van der Waals surface area contributed by atoms with E-state index in [1.54, 1.807) is 13.3 Å². The van der Waals surface area contributed by atoms with Gasteiger partial charge in [0.25, 0.3) is 0 Å². The monoisotopic (exact) mass is 192 g/mol. The highest BCUT2D eigenvalue weighted by atomic mass is 16.5. The molecular formula is C11H16N2O. The van der Waals surface area contributed by atoms with Gasteiger partial charge in [0.1, 0.15) is 11.6 Å². The Hall–Kier alpha value is -1.25. The van der Waals surface area contributed by atoms with E-state index < -0.39 is 0 Å². The Morgan fingerprint density at radius 3 is 2.79 bits per heavy atom. The van der Waals surface area contributed by atoms with Crippen LogP contribution in [0.15, 0.2) is 18.3 Å². The van der Waals surface area contributed by atoms with Crippen molar-refractivity contribution in [3.63, 3.8) is 0 Å². The number of aromatic nitrogens is 1. The smallest absolute Gasteiger partial charge is 0.137 e. The van der Waals surface area contributed by atoms with Crippen LogP contribution in [0.2, 0.25) is 0 Å². The minimum absolute atomic E-state index is 0.821. The third kappa shape index (κ3) is 1.67. The third-order valence-corrected chi connectivity index (χ3v) is 2.81. The summed E-state index contributed by atoms with van der Waals surface area (Å²) >= 11 is 0. The first-order chi connectivity index (χ1) is 6.83. The molecule has 0 bridgehead atoms. The molecule has 0 unspecified atom stereocenters. The van der Waals surface area contributed by atoms with Crippen LogP contribution in [0.1, 0.15) is 13.3 Å². The summed E-state index contributed by atoms with van der Waals surface area (Å²) in [4.78, 5) is 6.64. The number of nitrogens with zero attached hydrogens (tertiary/aromatic N) is 2. The fraction of sp³-hybridized carbons (Fsp3) is 0.545. The van der Waals surface area contributed by atoms with Crippen LogP contribution in [-0.4, -0.2) is 25.2 Å². The van der Waals surface area contributed by atoms with Gasteiger partial charge < -0.3 is 9.64 Å². The summed E-state index contributed by atoms with van der Waals surface area (Å²) in [6.07, 6.45) is 3.04. The van der Waals surface area contributed by atoms with E-state index in [9.17, 15) is 0 Å². The summed E-state index contributed by atoms with van der Waals surface area (Å²) in [7, 11) is 1.66. The van der Waals surface area contributed by atoms with Gasteiger partial charge in [0.15, 0.2) is 0 Å². The molecule has 76 valence electrons. The van der Waals surface area contributed by atoms with E-state index in [-0.39, 0.29) is 0 Å². The predicted molar refractivity (Wildman–Crippen MR) is 56.8 cm³/mol. The molecule has 0 radical (unpaired) electrons. The lowest BCUT2D eigenvalue weighted by Crippen LogP contribution is -2.46. The quantitative estimate of drug-likeness (QED) is 0.731. The number of anilines is 1. The molecule has 1 aliphatic rings. The molecule has 1 aromatic rings. The molecule has 2 rings (SSSR count). The Morgan fingerprint density at radius 2 is 2.29 bits per heavy atom. The van der Waals surface area contributed by atoms with Gasteiger partial charge in [-0.15, -0.1) is 0 Å². The summed E-state index contributed by atoms with van der Waals surface area (Å²) in [5.74, 6) is 2.75. The van der Waals surface area contributed by atoms with Gasteiger partial charge in [-0.2, -0.15) is 0 Å². The van der Waals surface area contributed by atoms with Crippen molar-refractivity contribution in [1.29, 1.82) is 0 Å². The predicted octanol–water partition coefficient (Wildman–Crippen LogP) is 1.94. The minimum atomic E-state index is 0.821. The number of methoxy groups -OCH3 is 1. The molecule has 0 saturated carbocycles. The van der Waals surface area contributed by atoms with E-state index in [4.69, 9.17) is 4.74 Å². The van der Waals surface area contributed by atoms with Crippen LogP contribution in [0, 0.1) is 5.92 Å². The fourth-order valence-electron chi connectivity index (χ4n) is 1.70. The van der Waals surface area contributed by atoms with Crippen LogP contribution < -0.4 is 9.64 Å². The molecule has 2 heterocycles.